The summed E-state index contributed by atoms with van der Waals surface area (Å²) in [4.78, 5) is 27.0. The van der Waals surface area contributed by atoms with E-state index in [2.05, 4.69) is 19.2 Å². The Bertz CT molecular complexity index is 275. The quantitative estimate of drug-likeness (QED) is 0.703. The van der Waals surface area contributed by atoms with Gasteiger partial charge >= 0.3 is 11.8 Å². The normalized spacial score (nSPS) is 17.7. The van der Waals surface area contributed by atoms with E-state index in [0.717, 1.165) is 19.5 Å². The molecule has 98 valence electrons. The second-order valence-electron chi connectivity index (χ2n) is 4.74. The smallest absolute Gasteiger partial charge is 0.312 e. The molecule has 1 N–H and O–H groups in total. The fourth-order valence-corrected chi connectivity index (χ4v) is 1.85. The fraction of sp³-hybridized carbons (Fsp3) is 0.833. The molecule has 0 spiro atoms. The number of rotatable bonds is 3. The van der Waals surface area contributed by atoms with Crippen molar-refractivity contribution in [3.05, 3.63) is 0 Å². The van der Waals surface area contributed by atoms with Gasteiger partial charge in [0.25, 0.3) is 0 Å². The van der Waals surface area contributed by atoms with Gasteiger partial charge in [-0.1, -0.05) is 20.3 Å². The molecule has 1 rings (SSSR count). The van der Waals surface area contributed by atoms with Gasteiger partial charge in [-0.05, 0) is 5.92 Å². The summed E-state index contributed by atoms with van der Waals surface area (Å²) in [6.07, 6.45) is 1.01. The maximum Gasteiger partial charge on any atom is 0.312 e. The van der Waals surface area contributed by atoms with Crippen molar-refractivity contribution in [2.45, 2.75) is 20.3 Å². The van der Waals surface area contributed by atoms with E-state index in [1.54, 1.807) is 16.8 Å². The summed E-state index contributed by atoms with van der Waals surface area (Å²) >= 11 is 0. The Morgan fingerprint density at radius 1 is 1.35 bits per heavy atom. The van der Waals surface area contributed by atoms with Crippen LogP contribution in [0.25, 0.3) is 0 Å². The molecule has 2 amide bonds. The molecular formula is C12H23N3O2. The van der Waals surface area contributed by atoms with Gasteiger partial charge in [0.05, 0.1) is 0 Å². The summed E-state index contributed by atoms with van der Waals surface area (Å²) in [7, 11) is 1.70. The summed E-state index contributed by atoms with van der Waals surface area (Å²) in [5.74, 6) is -0.315. The molecule has 5 heteroatoms. The van der Waals surface area contributed by atoms with Gasteiger partial charge in [-0.25, -0.2) is 0 Å². The SMILES string of the molecule is CCC(C)CN(C)C(=O)C(=O)N1CCNCC1. The van der Waals surface area contributed by atoms with E-state index in [1.165, 1.54) is 0 Å². The number of carbonyl (C=O) groups is 2. The van der Waals surface area contributed by atoms with Crippen molar-refractivity contribution < 1.29 is 9.59 Å². The summed E-state index contributed by atoms with van der Waals surface area (Å²) in [6, 6.07) is 0. The fourth-order valence-electron chi connectivity index (χ4n) is 1.85. The molecule has 1 atom stereocenters. The van der Waals surface area contributed by atoms with E-state index >= 15 is 0 Å². The van der Waals surface area contributed by atoms with Crippen LogP contribution in [0, 0.1) is 5.92 Å². The van der Waals surface area contributed by atoms with Gasteiger partial charge in [0.1, 0.15) is 0 Å². The highest BCUT2D eigenvalue weighted by atomic mass is 16.2. The predicted molar refractivity (Wildman–Crippen MR) is 66.5 cm³/mol. The topological polar surface area (TPSA) is 52.7 Å². The Morgan fingerprint density at radius 2 is 1.94 bits per heavy atom. The highest BCUT2D eigenvalue weighted by molar-refractivity contribution is 6.34. The Morgan fingerprint density at radius 3 is 2.47 bits per heavy atom. The minimum Gasteiger partial charge on any atom is -0.337 e. The largest absolute Gasteiger partial charge is 0.337 e. The monoisotopic (exact) mass is 241 g/mol. The molecule has 1 unspecified atom stereocenters. The van der Waals surface area contributed by atoms with Crippen molar-refractivity contribution >= 4 is 11.8 Å². The number of amides is 2. The van der Waals surface area contributed by atoms with Crippen molar-refractivity contribution in [1.82, 2.24) is 15.1 Å². The molecule has 1 fully saturated rings. The number of nitrogens with zero attached hydrogens (tertiary/aromatic N) is 2. The Hall–Kier alpha value is -1.10. The molecule has 0 aromatic rings. The van der Waals surface area contributed by atoms with Crippen LogP contribution in [0.3, 0.4) is 0 Å². The second kappa shape index (κ2) is 6.59. The third kappa shape index (κ3) is 4.00. The third-order valence-electron chi connectivity index (χ3n) is 3.22. The molecule has 0 saturated carbocycles. The van der Waals surface area contributed by atoms with E-state index in [0.29, 0.717) is 25.6 Å². The zero-order chi connectivity index (χ0) is 12.8. The minimum atomic E-state index is -0.382. The van der Waals surface area contributed by atoms with E-state index in [4.69, 9.17) is 0 Å². The molecule has 1 aliphatic rings. The van der Waals surface area contributed by atoms with E-state index < -0.39 is 0 Å². The summed E-state index contributed by atoms with van der Waals surface area (Å²) in [5, 5.41) is 3.16. The molecule has 0 radical (unpaired) electrons. The summed E-state index contributed by atoms with van der Waals surface area (Å²) in [6.45, 7) is 7.61. The molecule has 0 bridgehead atoms. The molecule has 1 saturated heterocycles. The molecule has 1 heterocycles. The number of nitrogens with one attached hydrogen (secondary N) is 1. The third-order valence-corrected chi connectivity index (χ3v) is 3.22. The number of hydrogen-bond acceptors (Lipinski definition) is 3. The van der Waals surface area contributed by atoms with Crippen LogP contribution in [0.2, 0.25) is 0 Å². The highest BCUT2D eigenvalue weighted by Gasteiger charge is 2.26. The van der Waals surface area contributed by atoms with Crippen LogP contribution in [-0.2, 0) is 9.59 Å². The van der Waals surface area contributed by atoms with Gasteiger partial charge in [-0.2, -0.15) is 0 Å². The van der Waals surface area contributed by atoms with Gasteiger partial charge in [0.2, 0.25) is 0 Å². The lowest BCUT2D eigenvalue weighted by molar-refractivity contribution is -0.151. The van der Waals surface area contributed by atoms with Gasteiger partial charge in [0, 0.05) is 39.8 Å². The van der Waals surface area contributed by atoms with Crippen molar-refractivity contribution in [3.8, 4) is 0 Å². The number of likely N-dealkylation sites (N-methyl/N-ethyl adjacent to an activating group) is 1. The molecule has 17 heavy (non-hydrogen) atoms. The number of carbonyl (C=O) groups excluding carboxylic acids is 2. The van der Waals surface area contributed by atoms with Crippen LogP contribution in [0.4, 0.5) is 0 Å². The predicted octanol–water partition coefficient (Wildman–Crippen LogP) is -0.0773. The van der Waals surface area contributed by atoms with Crippen molar-refractivity contribution in [1.29, 1.82) is 0 Å². The first-order chi connectivity index (χ1) is 8.06. The summed E-state index contributed by atoms with van der Waals surface area (Å²) < 4.78 is 0. The summed E-state index contributed by atoms with van der Waals surface area (Å²) in [5.41, 5.74) is 0. The van der Waals surface area contributed by atoms with Crippen molar-refractivity contribution in [3.63, 3.8) is 0 Å². The number of hydrogen-bond donors (Lipinski definition) is 1. The Kier molecular flexibility index (Phi) is 5.41. The second-order valence-corrected chi connectivity index (χ2v) is 4.74. The highest BCUT2D eigenvalue weighted by Crippen LogP contribution is 2.04. The van der Waals surface area contributed by atoms with E-state index in [-0.39, 0.29) is 11.8 Å². The van der Waals surface area contributed by atoms with Crippen LogP contribution in [-0.4, -0.2) is 61.4 Å². The standard InChI is InChI=1S/C12H23N3O2/c1-4-10(2)9-14(3)11(16)12(17)15-7-5-13-6-8-15/h10,13H,4-9H2,1-3H3. The number of piperazine rings is 1. The molecule has 0 aromatic heterocycles. The first-order valence-corrected chi connectivity index (χ1v) is 6.31. The molecule has 0 aliphatic carbocycles. The van der Waals surface area contributed by atoms with Gasteiger partial charge < -0.3 is 15.1 Å². The van der Waals surface area contributed by atoms with Gasteiger partial charge in [-0.15, -0.1) is 0 Å². The zero-order valence-corrected chi connectivity index (χ0v) is 11.0. The first kappa shape index (κ1) is 14.0. The Balaban J connectivity index is 2.47. The lowest BCUT2D eigenvalue weighted by Gasteiger charge is -2.29. The van der Waals surface area contributed by atoms with Crippen molar-refractivity contribution in [2.24, 2.45) is 5.92 Å². The molecule has 1 aliphatic heterocycles. The molecule has 0 aromatic carbocycles. The van der Waals surface area contributed by atoms with Crippen LogP contribution < -0.4 is 5.32 Å². The zero-order valence-electron chi connectivity index (χ0n) is 11.0. The van der Waals surface area contributed by atoms with Gasteiger partial charge in [0.15, 0.2) is 0 Å². The maximum absolute atomic E-state index is 11.9. The average Bonchev–Trinajstić information content (AvgIpc) is 2.37. The molecular weight excluding hydrogens is 218 g/mol. The van der Waals surface area contributed by atoms with E-state index in [9.17, 15) is 9.59 Å². The molecule has 5 nitrogen and oxygen atoms in total. The van der Waals surface area contributed by atoms with Crippen LogP contribution >= 0.6 is 0 Å². The first-order valence-electron chi connectivity index (χ1n) is 6.31. The van der Waals surface area contributed by atoms with Crippen LogP contribution in [0.15, 0.2) is 0 Å². The average molecular weight is 241 g/mol. The Labute approximate surface area is 103 Å². The lowest BCUT2D eigenvalue weighted by atomic mass is 10.1. The van der Waals surface area contributed by atoms with Crippen molar-refractivity contribution in [2.75, 3.05) is 39.8 Å². The van der Waals surface area contributed by atoms with Crippen LogP contribution in [0.1, 0.15) is 20.3 Å². The van der Waals surface area contributed by atoms with E-state index in [1.807, 2.05) is 0 Å². The van der Waals surface area contributed by atoms with Gasteiger partial charge in [-0.3, -0.25) is 9.59 Å². The lowest BCUT2D eigenvalue weighted by Crippen LogP contribution is -2.51. The maximum atomic E-state index is 11.9. The minimum absolute atomic E-state index is 0.364. The van der Waals surface area contributed by atoms with Crippen LogP contribution in [0.5, 0.6) is 0 Å².